The first-order valence-corrected chi connectivity index (χ1v) is 10.6. The minimum atomic E-state index is -0.226. The largest absolute Gasteiger partial charge is 0.302 e. The second kappa shape index (κ2) is 8.41. The first-order chi connectivity index (χ1) is 14.1. The van der Waals surface area contributed by atoms with Gasteiger partial charge in [-0.1, -0.05) is 12.1 Å². The number of likely N-dealkylation sites (tertiary alicyclic amines) is 1. The van der Waals surface area contributed by atoms with E-state index < -0.39 is 0 Å². The van der Waals surface area contributed by atoms with Gasteiger partial charge in [0.25, 0.3) is 11.8 Å². The Labute approximate surface area is 184 Å². The fourth-order valence-corrected chi connectivity index (χ4v) is 5.22. The van der Waals surface area contributed by atoms with E-state index in [0.717, 1.165) is 41.7 Å². The van der Waals surface area contributed by atoms with Gasteiger partial charge in [0.2, 0.25) is 0 Å². The molecule has 1 saturated heterocycles. The predicted octanol–water partition coefficient (Wildman–Crippen LogP) is 4.33. The number of hydrogen-bond donors (Lipinski definition) is 0. The van der Waals surface area contributed by atoms with Crippen LogP contribution in [0.1, 0.15) is 45.2 Å². The Morgan fingerprint density at radius 1 is 1.00 bits per heavy atom. The van der Waals surface area contributed by atoms with Crippen LogP contribution in [0.15, 0.2) is 42.5 Å². The predicted molar refractivity (Wildman–Crippen MR) is 117 cm³/mol. The summed E-state index contributed by atoms with van der Waals surface area (Å²) in [5, 5.41) is 1.06. The van der Waals surface area contributed by atoms with Gasteiger partial charge in [-0.3, -0.25) is 14.5 Å². The van der Waals surface area contributed by atoms with E-state index in [-0.39, 0.29) is 30.0 Å². The molecule has 3 aromatic rings. The summed E-state index contributed by atoms with van der Waals surface area (Å²) in [4.78, 5) is 28.6. The third kappa shape index (κ3) is 3.62. The molecule has 0 spiro atoms. The Hall–Kier alpha value is -2.35. The maximum Gasteiger partial charge on any atom is 0.261 e. The van der Waals surface area contributed by atoms with E-state index in [9.17, 15) is 14.0 Å². The van der Waals surface area contributed by atoms with Crippen LogP contribution in [0.25, 0.3) is 10.1 Å². The zero-order valence-electron chi connectivity index (χ0n) is 16.2. The molecule has 0 atom stereocenters. The Morgan fingerprint density at radius 2 is 1.67 bits per heavy atom. The number of carbonyl (C=O) groups is 2. The highest BCUT2D eigenvalue weighted by atomic mass is 35.5. The van der Waals surface area contributed by atoms with Gasteiger partial charge in [0, 0.05) is 24.4 Å². The smallest absolute Gasteiger partial charge is 0.261 e. The molecular formula is C22H21ClFN3O2S. The number of rotatable bonds is 4. The van der Waals surface area contributed by atoms with E-state index in [4.69, 9.17) is 0 Å². The number of nitrogens with zero attached hydrogens (tertiary/aromatic N) is 3. The molecule has 8 heteroatoms. The number of benzene rings is 2. The number of amides is 2. The molecule has 0 bridgehead atoms. The summed E-state index contributed by atoms with van der Waals surface area (Å²) >= 11 is 1.36. The average Bonchev–Trinajstić information content (AvgIpc) is 3.26. The van der Waals surface area contributed by atoms with Gasteiger partial charge in [-0.15, -0.1) is 12.4 Å². The second-order valence-electron chi connectivity index (χ2n) is 7.63. The van der Waals surface area contributed by atoms with Crippen molar-refractivity contribution in [2.45, 2.75) is 18.8 Å². The summed E-state index contributed by atoms with van der Waals surface area (Å²) in [5.74, 6) is -0.247. The number of carbonyl (C=O) groups excluding carboxylic acids is 2. The van der Waals surface area contributed by atoms with Crippen LogP contribution in [0.5, 0.6) is 0 Å². The molecule has 156 valence electrons. The van der Waals surface area contributed by atoms with E-state index in [2.05, 4.69) is 9.27 Å². The van der Waals surface area contributed by atoms with Crippen molar-refractivity contribution >= 4 is 45.8 Å². The van der Waals surface area contributed by atoms with Gasteiger partial charge in [-0.25, -0.2) is 4.39 Å². The average molecular weight is 446 g/mol. The Bertz CT molecular complexity index is 1080. The van der Waals surface area contributed by atoms with Crippen molar-refractivity contribution < 1.29 is 14.0 Å². The van der Waals surface area contributed by atoms with Crippen molar-refractivity contribution in [1.82, 2.24) is 14.2 Å². The minimum absolute atomic E-state index is 0. The Kier molecular flexibility index (Phi) is 5.86. The molecule has 0 unspecified atom stereocenters. The van der Waals surface area contributed by atoms with Crippen LogP contribution in [0, 0.1) is 5.82 Å². The molecule has 1 fully saturated rings. The van der Waals surface area contributed by atoms with Crippen molar-refractivity contribution in [3.8, 4) is 0 Å². The molecule has 2 amide bonds. The van der Waals surface area contributed by atoms with Gasteiger partial charge >= 0.3 is 0 Å². The second-order valence-corrected chi connectivity index (χ2v) is 8.44. The maximum absolute atomic E-state index is 13.4. The first-order valence-electron chi connectivity index (χ1n) is 9.84. The van der Waals surface area contributed by atoms with E-state index in [0.29, 0.717) is 30.1 Å². The number of fused-ring (bicyclic) bond motifs is 2. The van der Waals surface area contributed by atoms with Crippen molar-refractivity contribution in [3.05, 3.63) is 65.1 Å². The number of imide groups is 1. The fourth-order valence-electron chi connectivity index (χ4n) is 4.34. The normalized spacial score (nSPS) is 17.4. The van der Waals surface area contributed by atoms with Crippen LogP contribution in [0.3, 0.4) is 0 Å². The topological polar surface area (TPSA) is 53.5 Å². The molecule has 5 rings (SSSR count). The van der Waals surface area contributed by atoms with Crippen LogP contribution in [0.2, 0.25) is 0 Å². The van der Waals surface area contributed by atoms with E-state index in [1.807, 2.05) is 6.07 Å². The van der Waals surface area contributed by atoms with Crippen LogP contribution < -0.4 is 0 Å². The molecule has 1 aromatic heterocycles. The SMILES string of the molecule is Cl.O=C1c2ccccc2C(=O)N1CCN1CCC(c2nsc3cc(F)ccc23)CC1. The molecule has 2 aliphatic rings. The highest BCUT2D eigenvalue weighted by Crippen LogP contribution is 2.34. The number of hydrogen-bond acceptors (Lipinski definition) is 5. The summed E-state index contributed by atoms with van der Waals surface area (Å²) in [6.45, 7) is 2.89. The van der Waals surface area contributed by atoms with Crippen LogP contribution in [-0.4, -0.2) is 52.2 Å². The van der Waals surface area contributed by atoms with Gasteiger partial charge in [-0.05, 0) is 67.8 Å². The van der Waals surface area contributed by atoms with Gasteiger partial charge in [0.15, 0.2) is 0 Å². The molecule has 5 nitrogen and oxygen atoms in total. The van der Waals surface area contributed by atoms with Crippen molar-refractivity contribution in [3.63, 3.8) is 0 Å². The van der Waals surface area contributed by atoms with Gasteiger partial charge < -0.3 is 4.90 Å². The molecule has 0 N–H and O–H groups in total. The van der Waals surface area contributed by atoms with Gasteiger partial charge in [0.1, 0.15) is 5.82 Å². The third-order valence-corrected chi connectivity index (χ3v) is 6.78. The fraction of sp³-hybridized carbons (Fsp3) is 0.318. The van der Waals surface area contributed by atoms with E-state index in [1.165, 1.54) is 22.5 Å². The molecule has 2 aliphatic heterocycles. The zero-order chi connectivity index (χ0) is 20.0. The van der Waals surface area contributed by atoms with E-state index in [1.54, 1.807) is 30.3 Å². The highest BCUT2D eigenvalue weighted by molar-refractivity contribution is 7.13. The quantitative estimate of drug-likeness (QED) is 0.561. The Morgan fingerprint density at radius 3 is 2.33 bits per heavy atom. The zero-order valence-corrected chi connectivity index (χ0v) is 17.8. The molecular weight excluding hydrogens is 425 g/mol. The maximum atomic E-state index is 13.4. The standard InChI is InChI=1S/C22H20FN3O2S.ClH/c23-15-5-6-18-19(13-15)29-24-20(18)14-7-9-25(10-8-14)11-12-26-21(27)16-3-1-2-4-17(16)22(26)28;/h1-6,13-14H,7-12H2;1H. The van der Waals surface area contributed by atoms with Crippen LogP contribution in [0.4, 0.5) is 4.39 Å². The molecule has 3 heterocycles. The number of piperidine rings is 1. The van der Waals surface area contributed by atoms with Crippen LogP contribution in [-0.2, 0) is 0 Å². The van der Waals surface area contributed by atoms with E-state index >= 15 is 0 Å². The lowest BCUT2D eigenvalue weighted by atomic mass is 9.91. The van der Waals surface area contributed by atoms with Crippen LogP contribution >= 0.6 is 23.9 Å². The first kappa shape index (κ1) is 20.9. The number of halogens is 2. The summed E-state index contributed by atoms with van der Waals surface area (Å²) < 4.78 is 18.9. The molecule has 30 heavy (non-hydrogen) atoms. The lowest BCUT2D eigenvalue weighted by molar-refractivity contribution is 0.0629. The summed E-state index contributed by atoms with van der Waals surface area (Å²) in [5.41, 5.74) is 2.08. The Balaban J connectivity index is 0.00000218. The van der Waals surface area contributed by atoms with Crippen molar-refractivity contribution in [2.24, 2.45) is 0 Å². The third-order valence-electron chi connectivity index (χ3n) is 5.95. The highest BCUT2D eigenvalue weighted by Gasteiger charge is 2.35. The van der Waals surface area contributed by atoms with Crippen molar-refractivity contribution in [2.75, 3.05) is 26.2 Å². The summed E-state index contributed by atoms with van der Waals surface area (Å²) in [6, 6.07) is 11.9. The summed E-state index contributed by atoms with van der Waals surface area (Å²) in [7, 11) is 0. The van der Waals surface area contributed by atoms with Gasteiger partial charge in [-0.2, -0.15) is 4.37 Å². The minimum Gasteiger partial charge on any atom is -0.302 e. The van der Waals surface area contributed by atoms with Gasteiger partial charge in [0.05, 0.1) is 21.5 Å². The lowest BCUT2D eigenvalue weighted by Crippen LogP contribution is -2.41. The molecule has 2 aromatic carbocycles. The summed E-state index contributed by atoms with van der Waals surface area (Å²) in [6.07, 6.45) is 1.94. The van der Waals surface area contributed by atoms with Crippen molar-refractivity contribution in [1.29, 1.82) is 0 Å². The number of aromatic nitrogens is 1. The molecule has 0 aliphatic carbocycles. The molecule has 0 radical (unpaired) electrons. The monoisotopic (exact) mass is 445 g/mol. The molecule has 0 saturated carbocycles. The lowest BCUT2D eigenvalue weighted by Gasteiger charge is -2.32.